The van der Waals surface area contributed by atoms with Crippen LogP contribution in [0.3, 0.4) is 0 Å². The number of halogens is 2. The van der Waals surface area contributed by atoms with Crippen LogP contribution in [0, 0.1) is 5.82 Å². The highest BCUT2D eigenvalue weighted by atomic mass is 35.5. The van der Waals surface area contributed by atoms with Crippen LogP contribution in [0.1, 0.15) is 12.8 Å². The predicted molar refractivity (Wildman–Crippen MR) is 57.9 cm³/mol. The Labute approximate surface area is 93.4 Å². The van der Waals surface area contributed by atoms with Gasteiger partial charge in [0.2, 0.25) is 0 Å². The van der Waals surface area contributed by atoms with E-state index in [1.165, 1.54) is 12.1 Å². The van der Waals surface area contributed by atoms with E-state index in [4.69, 9.17) is 16.3 Å². The minimum absolute atomic E-state index is 0.132. The van der Waals surface area contributed by atoms with Gasteiger partial charge in [-0.25, -0.2) is 4.39 Å². The van der Waals surface area contributed by atoms with Gasteiger partial charge >= 0.3 is 0 Å². The highest BCUT2D eigenvalue weighted by Gasteiger charge is 2.14. The molecule has 2 nitrogen and oxygen atoms in total. The summed E-state index contributed by atoms with van der Waals surface area (Å²) in [6, 6.07) is 4.56. The van der Waals surface area contributed by atoms with Crippen molar-refractivity contribution in [1.82, 2.24) is 5.32 Å². The van der Waals surface area contributed by atoms with E-state index in [-0.39, 0.29) is 11.1 Å². The molecule has 82 valence electrons. The number of ether oxygens (including phenoxy) is 1. The molecule has 2 rings (SSSR count). The minimum Gasteiger partial charge on any atom is -0.490 e. The standard InChI is InChI=1S/C11H13ClFNO/c12-10-2-1-9(7-11(10)13)15-8-3-5-14-6-4-8/h1-2,7-8,14H,3-6H2. The van der Waals surface area contributed by atoms with Gasteiger partial charge in [0.15, 0.2) is 0 Å². The fraction of sp³-hybridized carbons (Fsp3) is 0.455. The first-order valence-corrected chi connectivity index (χ1v) is 5.46. The van der Waals surface area contributed by atoms with Gasteiger partial charge in [0.05, 0.1) is 5.02 Å². The van der Waals surface area contributed by atoms with Gasteiger partial charge < -0.3 is 10.1 Å². The average molecular weight is 230 g/mol. The van der Waals surface area contributed by atoms with Crippen LogP contribution in [-0.2, 0) is 0 Å². The Kier molecular flexibility index (Phi) is 3.44. The Morgan fingerprint density at radius 1 is 1.33 bits per heavy atom. The molecule has 1 N–H and O–H groups in total. The summed E-state index contributed by atoms with van der Waals surface area (Å²) in [5.41, 5.74) is 0. The van der Waals surface area contributed by atoms with Gasteiger partial charge in [-0.1, -0.05) is 11.6 Å². The van der Waals surface area contributed by atoms with Gasteiger partial charge in [-0.3, -0.25) is 0 Å². The number of hydrogen-bond donors (Lipinski definition) is 1. The van der Waals surface area contributed by atoms with Gasteiger partial charge in [0, 0.05) is 6.07 Å². The molecule has 0 spiro atoms. The number of piperidine rings is 1. The van der Waals surface area contributed by atoms with Gasteiger partial charge in [-0.15, -0.1) is 0 Å². The van der Waals surface area contributed by atoms with Crippen molar-refractivity contribution in [2.24, 2.45) is 0 Å². The maximum absolute atomic E-state index is 13.1. The van der Waals surface area contributed by atoms with Crippen LogP contribution in [-0.4, -0.2) is 19.2 Å². The van der Waals surface area contributed by atoms with Crippen LogP contribution in [0.25, 0.3) is 0 Å². The number of rotatable bonds is 2. The molecule has 15 heavy (non-hydrogen) atoms. The molecule has 1 aliphatic rings. The van der Waals surface area contributed by atoms with Crippen LogP contribution in [0.4, 0.5) is 4.39 Å². The highest BCUT2D eigenvalue weighted by molar-refractivity contribution is 6.30. The molecule has 0 aliphatic carbocycles. The van der Waals surface area contributed by atoms with Gasteiger partial charge in [0.25, 0.3) is 0 Å². The monoisotopic (exact) mass is 229 g/mol. The van der Waals surface area contributed by atoms with Gasteiger partial charge in [-0.2, -0.15) is 0 Å². The smallest absolute Gasteiger partial charge is 0.145 e. The quantitative estimate of drug-likeness (QED) is 0.842. The Hall–Kier alpha value is -0.800. The third kappa shape index (κ3) is 2.83. The van der Waals surface area contributed by atoms with Gasteiger partial charge in [0.1, 0.15) is 17.7 Å². The van der Waals surface area contributed by atoms with Gasteiger partial charge in [-0.05, 0) is 38.1 Å². The summed E-state index contributed by atoms with van der Waals surface area (Å²) in [5.74, 6) is 0.131. The second-order valence-corrected chi connectivity index (χ2v) is 4.05. The average Bonchev–Trinajstić information content (AvgIpc) is 2.25. The fourth-order valence-corrected chi connectivity index (χ4v) is 1.77. The molecule has 1 fully saturated rings. The van der Waals surface area contributed by atoms with E-state index in [9.17, 15) is 4.39 Å². The summed E-state index contributed by atoms with van der Waals surface area (Å²) in [4.78, 5) is 0. The summed E-state index contributed by atoms with van der Waals surface area (Å²) >= 11 is 5.58. The van der Waals surface area contributed by atoms with Crippen LogP contribution < -0.4 is 10.1 Å². The second kappa shape index (κ2) is 4.81. The lowest BCUT2D eigenvalue weighted by Gasteiger charge is -2.23. The molecule has 4 heteroatoms. The summed E-state index contributed by atoms with van der Waals surface area (Å²) in [7, 11) is 0. The first-order valence-electron chi connectivity index (χ1n) is 5.08. The molecule has 1 aromatic rings. The van der Waals surface area contributed by atoms with Crippen molar-refractivity contribution in [2.45, 2.75) is 18.9 Å². The Morgan fingerprint density at radius 3 is 2.73 bits per heavy atom. The van der Waals surface area contributed by atoms with Crippen LogP contribution in [0.15, 0.2) is 18.2 Å². The molecule has 0 aromatic heterocycles. The first kappa shape index (κ1) is 10.7. The van der Waals surface area contributed by atoms with Crippen molar-refractivity contribution in [3.63, 3.8) is 0 Å². The maximum Gasteiger partial charge on any atom is 0.145 e. The molecule has 1 saturated heterocycles. The maximum atomic E-state index is 13.1. The Balaban J connectivity index is 2.00. The van der Waals surface area contributed by atoms with Crippen molar-refractivity contribution in [3.8, 4) is 5.75 Å². The number of nitrogens with one attached hydrogen (secondary N) is 1. The molecular formula is C11H13ClFNO. The van der Waals surface area contributed by atoms with E-state index >= 15 is 0 Å². The van der Waals surface area contributed by atoms with Crippen molar-refractivity contribution >= 4 is 11.6 Å². The van der Waals surface area contributed by atoms with Crippen LogP contribution in [0.2, 0.25) is 5.02 Å². The summed E-state index contributed by atoms with van der Waals surface area (Å²) in [6.07, 6.45) is 2.11. The molecule has 1 aromatic carbocycles. The van der Waals surface area contributed by atoms with E-state index in [2.05, 4.69) is 5.32 Å². The third-order valence-electron chi connectivity index (χ3n) is 2.48. The molecule has 0 saturated carbocycles. The fourth-order valence-electron chi connectivity index (χ4n) is 1.66. The molecule has 1 aliphatic heterocycles. The molecular weight excluding hydrogens is 217 g/mol. The van der Waals surface area contributed by atoms with Crippen molar-refractivity contribution < 1.29 is 9.13 Å². The van der Waals surface area contributed by atoms with E-state index in [0.717, 1.165) is 25.9 Å². The summed E-state index contributed by atoms with van der Waals surface area (Å²) in [5, 5.41) is 3.38. The highest BCUT2D eigenvalue weighted by Crippen LogP contribution is 2.22. The van der Waals surface area contributed by atoms with E-state index in [1.54, 1.807) is 6.07 Å². The lowest BCUT2D eigenvalue weighted by molar-refractivity contribution is 0.162. The topological polar surface area (TPSA) is 21.3 Å². The molecule has 1 heterocycles. The molecule has 0 amide bonds. The minimum atomic E-state index is -0.428. The van der Waals surface area contributed by atoms with Crippen LogP contribution >= 0.6 is 11.6 Å². The third-order valence-corrected chi connectivity index (χ3v) is 2.79. The molecule has 0 unspecified atom stereocenters. The second-order valence-electron chi connectivity index (χ2n) is 3.64. The van der Waals surface area contributed by atoms with E-state index in [1.807, 2.05) is 0 Å². The Bertz CT molecular complexity index is 339. The van der Waals surface area contributed by atoms with E-state index in [0.29, 0.717) is 5.75 Å². The normalized spacial score (nSPS) is 17.7. The SMILES string of the molecule is Fc1cc(OC2CCNCC2)ccc1Cl. The predicted octanol–water partition coefficient (Wildman–Crippen LogP) is 2.61. The Morgan fingerprint density at radius 2 is 2.07 bits per heavy atom. The summed E-state index contributed by atoms with van der Waals surface area (Å²) < 4.78 is 18.8. The van der Waals surface area contributed by atoms with E-state index < -0.39 is 5.82 Å². The largest absolute Gasteiger partial charge is 0.490 e. The number of benzene rings is 1. The zero-order valence-electron chi connectivity index (χ0n) is 8.30. The first-order chi connectivity index (χ1) is 7.25. The molecule has 0 bridgehead atoms. The van der Waals surface area contributed by atoms with Crippen LogP contribution in [0.5, 0.6) is 5.75 Å². The zero-order valence-corrected chi connectivity index (χ0v) is 9.06. The zero-order chi connectivity index (χ0) is 10.7. The van der Waals surface area contributed by atoms with Crippen molar-refractivity contribution in [1.29, 1.82) is 0 Å². The molecule has 0 radical (unpaired) electrons. The summed E-state index contributed by atoms with van der Waals surface area (Å²) in [6.45, 7) is 1.92. The molecule has 0 atom stereocenters. The lowest BCUT2D eigenvalue weighted by Crippen LogP contribution is -2.34. The number of hydrogen-bond acceptors (Lipinski definition) is 2. The van der Waals surface area contributed by atoms with Crippen molar-refractivity contribution in [3.05, 3.63) is 29.0 Å². The van der Waals surface area contributed by atoms with Crippen molar-refractivity contribution in [2.75, 3.05) is 13.1 Å². The lowest BCUT2D eigenvalue weighted by atomic mass is 10.1.